The van der Waals surface area contributed by atoms with Crippen molar-refractivity contribution in [3.8, 4) is 45.0 Å². The van der Waals surface area contributed by atoms with Crippen LogP contribution in [-0.2, 0) is 12.4 Å². The van der Waals surface area contributed by atoms with Crippen molar-refractivity contribution in [2.24, 2.45) is 0 Å². The van der Waals surface area contributed by atoms with Gasteiger partial charge < -0.3 is 18.3 Å². The van der Waals surface area contributed by atoms with Crippen molar-refractivity contribution in [3.05, 3.63) is 254 Å². The highest BCUT2D eigenvalue weighted by Gasteiger charge is 2.37. The van der Waals surface area contributed by atoms with E-state index in [0.29, 0.717) is 11.3 Å². The summed E-state index contributed by atoms with van der Waals surface area (Å²) in [4.78, 5) is 0. The highest BCUT2D eigenvalue weighted by molar-refractivity contribution is 6.21. The monoisotopic (exact) mass is 1030 g/mol. The van der Waals surface area contributed by atoms with Crippen LogP contribution in [0.1, 0.15) is 11.1 Å². The fourth-order valence-corrected chi connectivity index (χ4v) is 12.2. The molecule has 0 aliphatic carbocycles. The predicted molar refractivity (Wildman–Crippen MR) is 305 cm³/mol. The first-order valence-electron chi connectivity index (χ1n) is 25.6. The molecule has 10 heteroatoms. The molecule has 0 saturated heterocycles. The Labute approximate surface area is 441 Å². The Morgan fingerprint density at radius 1 is 0.231 bits per heavy atom. The van der Waals surface area contributed by atoms with Gasteiger partial charge in [0.1, 0.15) is 0 Å². The molecule has 4 aromatic heterocycles. The van der Waals surface area contributed by atoms with Crippen molar-refractivity contribution in [1.29, 1.82) is 0 Å². The van der Waals surface area contributed by atoms with Gasteiger partial charge in [0.25, 0.3) is 0 Å². The van der Waals surface area contributed by atoms with E-state index in [4.69, 9.17) is 0 Å². The van der Waals surface area contributed by atoms with Crippen LogP contribution >= 0.6 is 0 Å². The Hall–Kier alpha value is -9.80. The minimum absolute atomic E-state index is 0.179. The van der Waals surface area contributed by atoms with E-state index in [0.717, 1.165) is 122 Å². The fraction of sp³-hybridized carbons (Fsp3) is 0.0294. The summed E-state index contributed by atoms with van der Waals surface area (Å²) in [5, 5.41) is 8.25. The molecule has 4 nitrogen and oxygen atoms in total. The Morgan fingerprint density at radius 3 is 1.04 bits per heavy atom. The molecule has 0 atom stereocenters. The van der Waals surface area contributed by atoms with E-state index in [1.54, 1.807) is 12.1 Å². The molecule has 374 valence electrons. The number of hydrogen-bond acceptors (Lipinski definition) is 0. The van der Waals surface area contributed by atoms with Crippen LogP contribution in [0.2, 0.25) is 0 Å². The topological polar surface area (TPSA) is 19.7 Å². The van der Waals surface area contributed by atoms with Crippen molar-refractivity contribution in [2.75, 3.05) is 0 Å². The SMILES string of the molecule is FC(F)(F)c1cc(-c2ccc(-c3ccccc3-n3c4ccccc4c4cc5c6ccccc6n(-c6ccccc6)c5cc43)c(-n3c4ccccc4c4cc5c6ccccc6n(-c6ccccc6)c5cc43)c2)cc(C(F)(F)F)c1. The molecule has 0 amide bonds. The second kappa shape index (κ2) is 16.9. The molecule has 0 aliphatic rings. The van der Waals surface area contributed by atoms with Gasteiger partial charge in [-0.25, -0.2) is 0 Å². The van der Waals surface area contributed by atoms with Crippen molar-refractivity contribution >= 4 is 87.2 Å². The Kier molecular flexibility index (Phi) is 9.85. The van der Waals surface area contributed by atoms with Crippen molar-refractivity contribution in [3.63, 3.8) is 0 Å². The summed E-state index contributed by atoms with van der Waals surface area (Å²) in [6.45, 7) is 0. The van der Waals surface area contributed by atoms with Crippen LogP contribution < -0.4 is 0 Å². The molecule has 11 aromatic carbocycles. The van der Waals surface area contributed by atoms with Gasteiger partial charge in [-0.1, -0.05) is 140 Å². The zero-order valence-electron chi connectivity index (χ0n) is 41.2. The van der Waals surface area contributed by atoms with Crippen molar-refractivity contribution < 1.29 is 26.3 Å². The van der Waals surface area contributed by atoms with Crippen LogP contribution in [0.3, 0.4) is 0 Å². The molecule has 0 fully saturated rings. The molecule has 15 rings (SSSR count). The molecular formula is C68H40F6N4. The minimum Gasteiger partial charge on any atom is -0.309 e. The lowest BCUT2D eigenvalue weighted by molar-refractivity contribution is -0.143. The Balaban J connectivity index is 1.06. The first-order valence-corrected chi connectivity index (χ1v) is 25.6. The van der Waals surface area contributed by atoms with Crippen LogP contribution in [0.15, 0.2) is 243 Å². The van der Waals surface area contributed by atoms with Crippen LogP contribution in [0.25, 0.3) is 132 Å². The largest absolute Gasteiger partial charge is 0.416 e. The molecule has 0 bridgehead atoms. The molecule has 0 aliphatic heterocycles. The van der Waals surface area contributed by atoms with E-state index in [1.807, 2.05) is 103 Å². The maximum absolute atomic E-state index is 14.6. The Morgan fingerprint density at radius 2 is 0.590 bits per heavy atom. The molecule has 4 heterocycles. The van der Waals surface area contributed by atoms with E-state index in [9.17, 15) is 26.3 Å². The molecule has 0 spiro atoms. The third kappa shape index (κ3) is 6.88. The van der Waals surface area contributed by atoms with Gasteiger partial charge in [0.2, 0.25) is 0 Å². The van der Waals surface area contributed by atoms with E-state index >= 15 is 0 Å². The quantitative estimate of drug-likeness (QED) is 0.148. The number of aromatic nitrogens is 4. The van der Waals surface area contributed by atoms with Crippen molar-refractivity contribution in [1.82, 2.24) is 18.3 Å². The number of nitrogens with zero attached hydrogens (tertiary/aromatic N) is 4. The highest BCUT2D eigenvalue weighted by Crippen LogP contribution is 2.47. The third-order valence-electron chi connectivity index (χ3n) is 15.6. The predicted octanol–water partition coefficient (Wildman–Crippen LogP) is 19.4. The number of halogens is 6. The summed E-state index contributed by atoms with van der Waals surface area (Å²) in [7, 11) is 0. The number of alkyl halides is 6. The number of fused-ring (bicyclic) bond motifs is 12. The van der Waals surface area contributed by atoms with Crippen LogP contribution in [-0.4, -0.2) is 18.3 Å². The smallest absolute Gasteiger partial charge is 0.309 e. The number of para-hydroxylation sites is 7. The number of benzene rings is 11. The van der Waals surface area contributed by atoms with Crippen molar-refractivity contribution in [2.45, 2.75) is 12.4 Å². The van der Waals surface area contributed by atoms with Gasteiger partial charge >= 0.3 is 12.4 Å². The van der Waals surface area contributed by atoms with Gasteiger partial charge in [0.15, 0.2) is 0 Å². The molecule has 78 heavy (non-hydrogen) atoms. The molecule has 0 N–H and O–H groups in total. The van der Waals surface area contributed by atoms with Gasteiger partial charge in [-0.3, -0.25) is 0 Å². The lowest BCUT2D eigenvalue weighted by Crippen LogP contribution is -2.11. The zero-order valence-corrected chi connectivity index (χ0v) is 41.2. The first kappa shape index (κ1) is 45.6. The summed E-state index contributed by atoms with van der Waals surface area (Å²) in [6.07, 6.45) is -10.1. The van der Waals surface area contributed by atoms with Crippen LogP contribution in [0, 0.1) is 0 Å². The fourth-order valence-electron chi connectivity index (χ4n) is 12.2. The maximum Gasteiger partial charge on any atom is 0.416 e. The molecule has 0 saturated carbocycles. The lowest BCUT2D eigenvalue weighted by atomic mass is 9.94. The van der Waals surface area contributed by atoms with Crippen LogP contribution in [0.5, 0.6) is 0 Å². The summed E-state index contributed by atoms with van der Waals surface area (Å²) >= 11 is 0. The standard InChI is InChI=1S/C68H40F6N4/c69-67(70,71)43-33-42(34-44(36-43)68(72,73)74)41-31-32-52(62(35-41)78-61-30-16-11-25-51(61)56-38-54-49-23-9-13-27-58(49)76(64(54)40-66(56)78)46-19-5-2-6-20-46)47-21-7-14-28-59(47)77-60-29-15-10-24-50(60)55-37-53-48-22-8-12-26-57(48)75(63(53)39-65(55)77)45-17-3-1-4-18-45/h1-40H. The summed E-state index contributed by atoms with van der Waals surface area (Å²) in [6, 6.07) is 77.4. The normalized spacial score (nSPS) is 12.5. The van der Waals surface area contributed by atoms with Gasteiger partial charge in [-0.2, -0.15) is 26.3 Å². The first-order chi connectivity index (χ1) is 38.0. The molecule has 0 unspecified atom stereocenters. The Bertz CT molecular complexity index is 4910. The molecule has 15 aromatic rings. The molecule has 0 radical (unpaired) electrons. The lowest BCUT2D eigenvalue weighted by Gasteiger charge is -2.20. The van der Waals surface area contributed by atoms with E-state index in [1.165, 1.54) is 0 Å². The van der Waals surface area contributed by atoms with Crippen LogP contribution in [0.4, 0.5) is 26.3 Å². The minimum atomic E-state index is -5.05. The molecular weight excluding hydrogens is 987 g/mol. The van der Waals surface area contributed by atoms with Gasteiger partial charge in [-0.15, -0.1) is 0 Å². The van der Waals surface area contributed by atoms with Gasteiger partial charge in [-0.05, 0) is 114 Å². The average molecular weight is 1030 g/mol. The second-order valence-corrected chi connectivity index (χ2v) is 19.9. The third-order valence-corrected chi connectivity index (χ3v) is 15.6. The highest BCUT2D eigenvalue weighted by atomic mass is 19.4. The van der Waals surface area contributed by atoms with E-state index < -0.39 is 23.5 Å². The zero-order chi connectivity index (χ0) is 52.6. The van der Waals surface area contributed by atoms with Gasteiger partial charge in [0.05, 0.1) is 66.6 Å². The van der Waals surface area contributed by atoms with E-state index in [-0.39, 0.29) is 17.2 Å². The number of hydrogen-bond donors (Lipinski definition) is 0. The van der Waals surface area contributed by atoms with Gasteiger partial charge in [0, 0.05) is 65.6 Å². The summed E-state index contributed by atoms with van der Waals surface area (Å²) in [5.41, 5.74) is 9.58. The number of rotatable bonds is 6. The van der Waals surface area contributed by atoms with E-state index in [2.05, 4.69) is 127 Å². The summed E-state index contributed by atoms with van der Waals surface area (Å²) in [5.74, 6) is 0. The average Bonchev–Trinajstić information content (AvgIpc) is 4.36. The second-order valence-electron chi connectivity index (χ2n) is 19.9. The maximum atomic E-state index is 14.6. The summed E-state index contributed by atoms with van der Waals surface area (Å²) < 4.78 is 96.7.